The number of amides is 1. The number of benzene rings is 1. The number of pyridine rings is 1. The van der Waals surface area contributed by atoms with Gasteiger partial charge in [-0.25, -0.2) is 9.78 Å². The van der Waals surface area contributed by atoms with Gasteiger partial charge in [0.05, 0.1) is 11.1 Å². The maximum Gasteiger partial charge on any atom is 0.407 e. The molecule has 0 bridgehead atoms. The number of nitrogens with zero attached hydrogens (tertiary/aromatic N) is 5. The minimum atomic E-state index is -0.890. The average molecular weight is 489 g/mol. The zero-order chi connectivity index (χ0) is 26.0. The zero-order valence-electron chi connectivity index (χ0n) is 21.4. The van der Waals surface area contributed by atoms with Gasteiger partial charge in [-0.05, 0) is 47.9 Å². The van der Waals surface area contributed by atoms with Crippen LogP contribution in [0.1, 0.15) is 62.3 Å². The van der Waals surface area contributed by atoms with Crippen molar-refractivity contribution in [3.05, 3.63) is 46.6 Å². The van der Waals surface area contributed by atoms with E-state index < -0.39 is 6.09 Å². The van der Waals surface area contributed by atoms with Crippen LogP contribution in [0, 0.1) is 23.7 Å². The molecule has 4 rings (SSSR count). The molecule has 2 aromatic heterocycles. The molecule has 0 aliphatic carbocycles. The first-order valence-corrected chi connectivity index (χ1v) is 12.2. The summed E-state index contributed by atoms with van der Waals surface area (Å²) in [7, 11) is 0. The normalized spacial score (nSPS) is 15.7. The van der Waals surface area contributed by atoms with E-state index in [0.29, 0.717) is 42.3 Å². The van der Waals surface area contributed by atoms with E-state index in [2.05, 4.69) is 53.3 Å². The second-order valence-electron chi connectivity index (χ2n) is 10.3. The standard InChI is InChI=1S/C27H32N6O3/c1-6-10-29-23-17(13-28)12-18(14-30-23)25-31-24(32-36-25)20-7-8-21-19(16(20)2)9-11-33(26(34)35)15-22(21)27(3,4)5/h7-8,12,14,22H,6,9-11,15H2,1-5H3,(H,29,30)(H,34,35). The number of carboxylic acid groups (broad SMARTS) is 1. The number of nitrogens with one attached hydrogen (secondary N) is 1. The molecule has 0 fully saturated rings. The number of anilines is 1. The molecule has 188 valence electrons. The smallest absolute Gasteiger partial charge is 0.407 e. The molecule has 1 atom stereocenters. The molecule has 2 N–H and O–H groups in total. The SMILES string of the molecule is CCCNc1ncc(-c2nc(-c3ccc4c(c3C)CCN(C(=O)O)CC4C(C)(C)C)no2)cc1C#N. The molecule has 9 nitrogen and oxygen atoms in total. The van der Waals surface area contributed by atoms with E-state index >= 15 is 0 Å². The van der Waals surface area contributed by atoms with Crippen molar-refractivity contribution >= 4 is 11.9 Å². The second kappa shape index (κ2) is 9.97. The van der Waals surface area contributed by atoms with Crippen LogP contribution in [0.25, 0.3) is 22.8 Å². The molecule has 0 saturated heterocycles. The Bertz CT molecular complexity index is 1320. The van der Waals surface area contributed by atoms with E-state index in [4.69, 9.17) is 4.52 Å². The second-order valence-corrected chi connectivity index (χ2v) is 10.3. The number of hydrogen-bond donors (Lipinski definition) is 2. The largest absolute Gasteiger partial charge is 0.465 e. The van der Waals surface area contributed by atoms with Gasteiger partial charge in [0.2, 0.25) is 5.82 Å². The Labute approximate surface area is 211 Å². The summed E-state index contributed by atoms with van der Waals surface area (Å²) in [5, 5.41) is 26.6. The van der Waals surface area contributed by atoms with Crippen molar-refractivity contribution in [1.82, 2.24) is 20.0 Å². The number of rotatable bonds is 5. The molecule has 1 amide bonds. The van der Waals surface area contributed by atoms with E-state index in [0.717, 1.165) is 29.7 Å². The van der Waals surface area contributed by atoms with Crippen molar-refractivity contribution in [1.29, 1.82) is 5.26 Å². The summed E-state index contributed by atoms with van der Waals surface area (Å²) in [5.41, 5.74) is 5.06. The van der Waals surface area contributed by atoms with Gasteiger partial charge in [0.15, 0.2) is 0 Å². The number of aromatic nitrogens is 3. The highest BCUT2D eigenvalue weighted by Crippen LogP contribution is 2.41. The van der Waals surface area contributed by atoms with E-state index in [1.807, 2.05) is 19.9 Å². The lowest BCUT2D eigenvalue weighted by atomic mass is 9.74. The lowest BCUT2D eigenvalue weighted by Gasteiger charge is -2.34. The fraction of sp³-hybridized carbons (Fsp3) is 0.444. The highest BCUT2D eigenvalue weighted by molar-refractivity contribution is 5.68. The Balaban J connectivity index is 1.70. The molecule has 1 aliphatic heterocycles. The lowest BCUT2D eigenvalue weighted by molar-refractivity contribution is 0.135. The highest BCUT2D eigenvalue weighted by Gasteiger charge is 2.34. The zero-order valence-corrected chi connectivity index (χ0v) is 21.4. The third-order valence-corrected chi connectivity index (χ3v) is 6.83. The van der Waals surface area contributed by atoms with Crippen molar-refractivity contribution in [3.63, 3.8) is 0 Å². The lowest BCUT2D eigenvalue weighted by Crippen LogP contribution is -2.36. The minimum Gasteiger partial charge on any atom is -0.465 e. The highest BCUT2D eigenvalue weighted by atomic mass is 16.5. The van der Waals surface area contributed by atoms with Crippen molar-refractivity contribution in [2.75, 3.05) is 25.0 Å². The van der Waals surface area contributed by atoms with Crippen LogP contribution in [0.2, 0.25) is 0 Å². The van der Waals surface area contributed by atoms with Gasteiger partial charge in [0, 0.05) is 37.3 Å². The molecular weight excluding hydrogens is 456 g/mol. The molecular formula is C27H32N6O3. The third-order valence-electron chi connectivity index (χ3n) is 6.83. The molecule has 1 aromatic carbocycles. The first kappa shape index (κ1) is 25.2. The number of hydrogen-bond acceptors (Lipinski definition) is 7. The van der Waals surface area contributed by atoms with Crippen LogP contribution in [0.5, 0.6) is 0 Å². The number of nitriles is 1. The Morgan fingerprint density at radius 1 is 1.36 bits per heavy atom. The first-order valence-electron chi connectivity index (χ1n) is 12.2. The molecule has 0 spiro atoms. The molecule has 1 unspecified atom stereocenters. The van der Waals surface area contributed by atoms with Crippen molar-refractivity contribution in [2.45, 2.75) is 53.4 Å². The van der Waals surface area contributed by atoms with E-state index in [1.165, 1.54) is 10.5 Å². The van der Waals surface area contributed by atoms with Gasteiger partial charge in [-0.3, -0.25) is 0 Å². The van der Waals surface area contributed by atoms with Crippen LogP contribution in [0.15, 0.2) is 28.9 Å². The summed E-state index contributed by atoms with van der Waals surface area (Å²) in [6, 6.07) is 7.94. The fourth-order valence-corrected chi connectivity index (χ4v) is 4.75. The van der Waals surface area contributed by atoms with Gasteiger partial charge in [-0.15, -0.1) is 0 Å². The van der Waals surface area contributed by atoms with Gasteiger partial charge >= 0.3 is 6.09 Å². The maximum atomic E-state index is 11.8. The topological polar surface area (TPSA) is 128 Å². The third kappa shape index (κ3) is 4.89. The predicted octanol–water partition coefficient (Wildman–Crippen LogP) is 5.47. The van der Waals surface area contributed by atoms with Gasteiger partial charge < -0.3 is 19.8 Å². The number of fused-ring (bicyclic) bond motifs is 1. The molecule has 3 heterocycles. The van der Waals surface area contributed by atoms with Crippen molar-refractivity contribution in [2.24, 2.45) is 5.41 Å². The fourth-order valence-electron chi connectivity index (χ4n) is 4.75. The van der Waals surface area contributed by atoms with Gasteiger partial charge in [-0.2, -0.15) is 10.2 Å². The monoisotopic (exact) mass is 488 g/mol. The van der Waals surface area contributed by atoms with Crippen LogP contribution in [0.3, 0.4) is 0 Å². The van der Waals surface area contributed by atoms with Crippen LogP contribution >= 0.6 is 0 Å². The summed E-state index contributed by atoms with van der Waals surface area (Å²) in [6.07, 6.45) is 2.28. The van der Waals surface area contributed by atoms with Crippen LogP contribution in [-0.4, -0.2) is 50.9 Å². The van der Waals surface area contributed by atoms with Crippen molar-refractivity contribution in [3.8, 4) is 28.9 Å². The van der Waals surface area contributed by atoms with Crippen LogP contribution in [-0.2, 0) is 6.42 Å². The Hall–Kier alpha value is -3.93. The Morgan fingerprint density at radius 2 is 2.14 bits per heavy atom. The van der Waals surface area contributed by atoms with E-state index in [-0.39, 0.29) is 17.2 Å². The Morgan fingerprint density at radius 3 is 2.81 bits per heavy atom. The van der Waals surface area contributed by atoms with Crippen LogP contribution in [0.4, 0.5) is 10.6 Å². The molecule has 0 radical (unpaired) electrons. The van der Waals surface area contributed by atoms with E-state index in [9.17, 15) is 15.2 Å². The minimum absolute atomic E-state index is 0.0648. The van der Waals surface area contributed by atoms with Gasteiger partial charge in [-0.1, -0.05) is 45.0 Å². The summed E-state index contributed by atoms with van der Waals surface area (Å²) in [6.45, 7) is 12.2. The molecule has 0 saturated carbocycles. The first-order chi connectivity index (χ1) is 17.1. The summed E-state index contributed by atoms with van der Waals surface area (Å²) in [4.78, 5) is 22.3. The van der Waals surface area contributed by atoms with Gasteiger partial charge in [0.1, 0.15) is 11.9 Å². The number of carbonyl (C=O) groups is 1. The molecule has 1 aliphatic rings. The summed E-state index contributed by atoms with van der Waals surface area (Å²) >= 11 is 0. The van der Waals surface area contributed by atoms with E-state index in [1.54, 1.807) is 12.3 Å². The summed E-state index contributed by atoms with van der Waals surface area (Å²) < 4.78 is 5.56. The predicted molar refractivity (Wildman–Crippen MR) is 137 cm³/mol. The summed E-state index contributed by atoms with van der Waals surface area (Å²) in [5.74, 6) is 1.34. The molecule has 3 aromatic rings. The average Bonchev–Trinajstić information content (AvgIpc) is 3.22. The maximum absolute atomic E-state index is 11.8. The quantitative estimate of drug-likeness (QED) is 0.484. The molecule has 36 heavy (non-hydrogen) atoms. The molecule has 9 heteroatoms. The van der Waals surface area contributed by atoms with Crippen molar-refractivity contribution < 1.29 is 14.4 Å². The Kier molecular flexibility index (Phi) is 6.97. The van der Waals surface area contributed by atoms with Gasteiger partial charge in [0.25, 0.3) is 5.89 Å². The van der Waals surface area contributed by atoms with Crippen LogP contribution < -0.4 is 5.32 Å².